The number of nitrogens with one attached hydrogen (secondary N) is 1. The first kappa shape index (κ1) is 15.8. The summed E-state index contributed by atoms with van der Waals surface area (Å²) in [5.41, 5.74) is 0.409. The van der Waals surface area contributed by atoms with Crippen molar-refractivity contribution >= 4 is 16.7 Å². The van der Waals surface area contributed by atoms with Gasteiger partial charge in [0.25, 0.3) is 5.56 Å². The van der Waals surface area contributed by atoms with Crippen molar-refractivity contribution in [1.29, 1.82) is 0 Å². The van der Waals surface area contributed by atoms with Crippen LogP contribution in [0.1, 0.15) is 19.8 Å². The second-order valence-corrected chi connectivity index (χ2v) is 6.14. The van der Waals surface area contributed by atoms with Gasteiger partial charge in [-0.3, -0.25) is 14.2 Å². The van der Waals surface area contributed by atoms with Crippen molar-refractivity contribution in [3.05, 3.63) is 40.9 Å². The highest BCUT2D eigenvalue weighted by Gasteiger charge is 2.31. The number of carbonyl (C=O) groups excluding carboxylic acids is 1. The summed E-state index contributed by atoms with van der Waals surface area (Å²) in [4.78, 5) is 29.2. The third-order valence-electron chi connectivity index (χ3n) is 4.58. The van der Waals surface area contributed by atoms with Gasteiger partial charge in [0.1, 0.15) is 0 Å². The van der Waals surface area contributed by atoms with E-state index in [2.05, 4.69) is 10.3 Å². The van der Waals surface area contributed by atoms with Crippen molar-refractivity contribution in [2.45, 2.75) is 38.5 Å². The molecule has 2 heterocycles. The molecule has 2 N–H and O–H groups in total. The van der Waals surface area contributed by atoms with Gasteiger partial charge in [-0.2, -0.15) is 0 Å². The maximum atomic E-state index is 12.5. The van der Waals surface area contributed by atoms with Gasteiger partial charge in [0, 0.05) is 12.0 Å². The van der Waals surface area contributed by atoms with Crippen LogP contribution in [0.25, 0.3) is 10.9 Å². The maximum absolute atomic E-state index is 12.5. The number of hydrogen-bond donors (Lipinski definition) is 2. The molecule has 1 aromatic heterocycles. The number of para-hydroxylation sites is 1. The zero-order chi connectivity index (χ0) is 16.4. The summed E-state index contributed by atoms with van der Waals surface area (Å²) in [6.07, 6.45) is 2.51. The fourth-order valence-electron chi connectivity index (χ4n) is 3.14. The van der Waals surface area contributed by atoms with Crippen LogP contribution in [-0.4, -0.2) is 39.1 Å². The van der Waals surface area contributed by atoms with Crippen LogP contribution >= 0.6 is 0 Å². The van der Waals surface area contributed by atoms with Crippen molar-refractivity contribution in [1.82, 2.24) is 14.9 Å². The number of aromatic nitrogens is 2. The third kappa shape index (κ3) is 3.18. The fraction of sp³-hybridized carbons (Fsp3) is 0.471. The first-order valence-electron chi connectivity index (χ1n) is 7.96. The number of carbonyl (C=O) groups is 1. The van der Waals surface area contributed by atoms with E-state index in [1.54, 1.807) is 25.1 Å². The van der Waals surface area contributed by atoms with E-state index < -0.39 is 6.10 Å². The number of hydrogen-bond acceptors (Lipinski definition) is 5. The molecule has 0 bridgehead atoms. The number of Topliss-reactive ketones (excluding diaryl/α,β-unsaturated/α-hetero) is 1. The molecule has 0 spiro atoms. The van der Waals surface area contributed by atoms with Gasteiger partial charge in [0.15, 0.2) is 5.78 Å². The molecule has 1 fully saturated rings. The van der Waals surface area contributed by atoms with Crippen molar-refractivity contribution in [2.75, 3.05) is 6.54 Å². The SMILES string of the molecule is CC(C(=O)Cn1cnc2ccccc2c1=O)[C@H]1NCCC[C@@H]1O. The Morgan fingerprint density at radius 2 is 2.26 bits per heavy atom. The standard InChI is InChI=1S/C17H21N3O3/c1-11(16-14(21)7-4-8-18-16)15(22)9-20-10-19-13-6-3-2-5-12(13)17(20)23/h2-3,5-6,10-11,14,16,18,21H,4,7-9H2,1H3/t11?,14-,16+/m0/s1. The lowest BCUT2D eigenvalue weighted by Gasteiger charge is -2.32. The molecular weight excluding hydrogens is 294 g/mol. The van der Waals surface area contributed by atoms with Crippen molar-refractivity contribution in [3.63, 3.8) is 0 Å². The van der Waals surface area contributed by atoms with Crippen LogP contribution in [0.5, 0.6) is 0 Å². The van der Waals surface area contributed by atoms with Crippen molar-refractivity contribution < 1.29 is 9.90 Å². The summed E-state index contributed by atoms with van der Waals surface area (Å²) < 4.78 is 1.34. The zero-order valence-electron chi connectivity index (χ0n) is 13.1. The summed E-state index contributed by atoms with van der Waals surface area (Å²) in [7, 11) is 0. The van der Waals surface area contributed by atoms with Gasteiger partial charge in [-0.25, -0.2) is 4.98 Å². The molecule has 1 unspecified atom stereocenters. The highest BCUT2D eigenvalue weighted by molar-refractivity contribution is 5.82. The minimum absolute atomic E-state index is 0.0251. The number of nitrogens with zero attached hydrogens (tertiary/aromatic N) is 2. The van der Waals surface area contributed by atoms with Crippen LogP contribution in [-0.2, 0) is 11.3 Å². The van der Waals surface area contributed by atoms with Gasteiger partial charge in [0.2, 0.25) is 0 Å². The summed E-state index contributed by atoms with van der Waals surface area (Å²) in [6, 6.07) is 6.83. The molecule has 1 aliphatic heterocycles. The van der Waals surface area contributed by atoms with Gasteiger partial charge in [-0.15, -0.1) is 0 Å². The number of benzene rings is 1. The largest absolute Gasteiger partial charge is 0.391 e. The van der Waals surface area contributed by atoms with Gasteiger partial charge >= 0.3 is 0 Å². The molecule has 1 aliphatic rings. The first-order valence-corrected chi connectivity index (χ1v) is 7.96. The molecular formula is C17H21N3O3. The molecule has 0 saturated carbocycles. The average Bonchev–Trinajstić information content (AvgIpc) is 2.57. The molecule has 1 aromatic carbocycles. The molecule has 6 heteroatoms. The van der Waals surface area contributed by atoms with Crippen LogP contribution in [0.15, 0.2) is 35.4 Å². The van der Waals surface area contributed by atoms with Crippen molar-refractivity contribution in [3.8, 4) is 0 Å². The quantitative estimate of drug-likeness (QED) is 0.868. The Hall–Kier alpha value is -2.05. The van der Waals surface area contributed by atoms with E-state index in [9.17, 15) is 14.7 Å². The molecule has 6 nitrogen and oxygen atoms in total. The Kier molecular flexibility index (Phi) is 4.54. The molecule has 0 radical (unpaired) electrons. The van der Waals surface area contributed by atoms with E-state index >= 15 is 0 Å². The molecule has 3 rings (SSSR count). The molecule has 3 atom stereocenters. The Morgan fingerprint density at radius 1 is 1.48 bits per heavy atom. The van der Waals surface area contributed by atoms with Gasteiger partial charge in [-0.05, 0) is 31.5 Å². The zero-order valence-corrected chi connectivity index (χ0v) is 13.1. The minimum Gasteiger partial charge on any atom is -0.391 e. The van der Waals surface area contributed by atoms with Crippen LogP contribution in [0, 0.1) is 5.92 Å². The Bertz CT molecular complexity index is 771. The molecule has 0 aliphatic carbocycles. The normalized spacial score (nSPS) is 22.9. The Labute approximate surface area is 134 Å². The summed E-state index contributed by atoms with van der Waals surface area (Å²) >= 11 is 0. The smallest absolute Gasteiger partial charge is 0.261 e. The second-order valence-electron chi connectivity index (χ2n) is 6.14. The van der Waals surface area contributed by atoms with Gasteiger partial charge < -0.3 is 10.4 Å². The van der Waals surface area contributed by atoms with E-state index in [1.807, 2.05) is 6.07 Å². The lowest BCUT2D eigenvalue weighted by molar-refractivity contribution is -0.125. The van der Waals surface area contributed by atoms with Crippen LogP contribution < -0.4 is 10.9 Å². The fourth-order valence-corrected chi connectivity index (χ4v) is 3.14. The summed E-state index contributed by atoms with van der Waals surface area (Å²) in [5.74, 6) is -0.439. The number of ketones is 1. The maximum Gasteiger partial charge on any atom is 0.261 e. The second kappa shape index (κ2) is 6.60. The average molecular weight is 315 g/mol. The molecule has 1 saturated heterocycles. The molecule has 23 heavy (non-hydrogen) atoms. The number of rotatable bonds is 4. The van der Waals surface area contributed by atoms with Crippen LogP contribution in [0.2, 0.25) is 0 Å². The first-order chi connectivity index (χ1) is 11.1. The lowest BCUT2D eigenvalue weighted by Crippen LogP contribution is -2.51. The number of fused-ring (bicyclic) bond motifs is 1. The van der Waals surface area contributed by atoms with Crippen molar-refractivity contribution in [2.24, 2.45) is 5.92 Å². The summed E-state index contributed by atoms with van der Waals surface area (Å²) in [5, 5.41) is 13.8. The van der Waals surface area contributed by atoms with E-state index in [0.717, 1.165) is 13.0 Å². The highest BCUT2D eigenvalue weighted by atomic mass is 16.3. The molecule has 122 valence electrons. The predicted octanol–water partition coefficient (Wildman–Crippen LogP) is 0.715. The number of piperidine rings is 1. The number of aliphatic hydroxyl groups excluding tert-OH is 1. The van der Waals surface area contributed by atoms with E-state index in [1.165, 1.54) is 10.9 Å². The third-order valence-corrected chi connectivity index (χ3v) is 4.58. The number of aliphatic hydroxyl groups is 1. The monoisotopic (exact) mass is 315 g/mol. The highest BCUT2D eigenvalue weighted by Crippen LogP contribution is 2.17. The van der Waals surface area contributed by atoms with E-state index in [-0.39, 0.29) is 29.8 Å². The van der Waals surface area contributed by atoms with Crippen LogP contribution in [0.4, 0.5) is 0 Å². The topological polar surface area (TPSA) is 84.2 Å². The van der Waals surface area contributed by atoms with E-state index in [4.69, 9.17) is 0 Å². The Balaban J connectivity index is 1.80. The van der Waals surface area contributed by atoms with Crippen LogP contribution in [0.3, 0.4) is 0 Å². The predicted molar refractivity (Wildman–Crippen MR) is 87.2 cm³/mol. The lowest BCUT2D eigenvalue weighted by atomic mass is 9.88. The molecule has 2 aromatic rings. The van der Waals surface area contributed by atoms with Gasteiger partial charge in [-0.1, -0.05) is 19.1 Å². The minimum atomic E-state index is -0.519. The van der Waals surface area contributed by atoms with E-state index in [0.29, 0.717) is 17.3 Å². The van der Waals surface area contributed by atoms with Gasteiger partial charge in [0.05, 0.1) is 29.9 Å². The Morgan fingerprint density at radius 3 is 3.04 bits per heavy atom. The summed E-state index contributed by atoms with van der Waals surface area (Å²) in [6.45, 7) is 2.58. The molecule has 0 amide bonds.